The van der Waals surface area contributed by atoms with Crippen LogP contribution in [0.3, 0.4) is 0 Å². The van der Waals surface area contributed by atoms with E-state index in [1.165, 1.54) is 0 Å². The van der Waals surface area contributed by atoms with Crippen LogP contribution < -0.4 is 19.5 Å². The van der Waals surface area contributed by atoms with Crippen LogP contribution in [0.4, 0.5) is 5.69 Å². The minimum Gasteiger partial charge on any atom is -0.490 e. The maximum atomic E-state index is 12.5. The van der Waals surface area contributed by atoms with Gasteiger partial charge in [-0.2, -0.15) is 0 Å². The van der Waals surface area contributed by atoms with E-state index in [1.54, 1.807) is 47.7 Å². The van der Waals surface area contributed by atoms with Crippen molar-refractivity contribution in [3.05, 3.63) is 64.1 Å². The van der Waals surface area contributed by atoms with Gasteiger partial charge < -0.3 is 19.5 Å². The minimum atomic E-state index is -0.198. The van der Waals surface area contributed by atoms with Crippen LogP contribution in [-0.2, 0) is 6.61 Å². The number of carbonyl (C=O) groups is 1. The molecule has 2 heterocycles. The molecule has 4 rings (SSSR count). The summed E-state index contributed by atoms with van der Waals surface area (Å²) in [6, 6.07) is 12.4. The van der Waals surface area contributed by atoms with Crippen molar-refractivity contribution >= 4 is 22.9 Å². The van der Waals surface area contributed by atoms with Gasteiger partial charge in [0.2, 0.25) is 0 Å². The van der Waals surface area contributed by atoms with Gasteiger partial charge in [0.05, 0.1) is 23.9 Å². The number of anilines is 1. The lowest BCUT2D eigenvalue weighted by molar-refractivity contribution is 0.102. The predicted molar refractivity (Wildman–Crippen MR) is 108 cm³/mol. The molecule has 0 atom stereocenters. The molecule has 1 N–H and O–H groups in total. The lowest BCUT2D eigenvalue weighted by atomic mass is 10.2. The first-order valence-electron chi connectivity index (χ1n) is 9.02. The number of amides is 1. The third kappa shape index (κ3) is 4.43. The molecule has 0 saturated heterocycles. The van der Waals surface area contributed by atoms with E-state index in [0.717, 1.165) is 17.1 Å². The lowest BCUT2D eigenvalue weighted by Gasteiger charge is -2.11. The van der Waals surface area contributed by atoms with Crippen molar-refractivity contribution in [1.82, 2.24) is 4.98 Å². The molecule has 6 nitrogen and oxygen atoms in total. The van der Waals surface area contributed by atoms with E-state index >= 15 is 0 Å². The van der Waals surface area contributed by atoms with Gasteiger partial charge in [0.15, 0.2) is 11.5 Å². The molecule has 1 aliphatic rings. The van der Waals surface area contributed by atoms with Gasteiger partial charge in [-0.05, 0) is 43.3 Å². The van der Waals surface area contributed by atoms with Crippen LogP contribution in [-0.4, -0.2) is 24.1 Å². The molecule has 0 spiro atoms. The molecule has 3 aromatic rings. The Hall–Kier alpha value is -3.06. The summed E-state index contributed by atoms with van der Waals surface area (Å²) in [6.45, 7) is 3.61. The van der Waals surface area contributed by atoms with E-state index in [-0.39, 0.29) is 5.91 Å². The monoisotopic (exact) mass is 396 g/mol. The number of aromatic nitrogens is 1. The molecule has 2 aromatic carbocycles. The first-order valence-corrected chi connectivity index (χ1v) is 9.90. The summed E-state index contributed by atoms with van der Waals surface area (Å²) in [6.07, 6.45) is 0.840. The Bertz CT molecular complexity index is 969. The fourth-order valence-electron chi connectivity index (χ4n) is 2.78. The molecule has 0 bridgehead atoms. The molecule has 0 fully saturated rings. The van der Waals surface area contributed by atoms with Crippen molar-refractivity contribution in [2.75, 3.05) is 18.5 Å². The van der Waals surface area contributed by atoms with Crippen molar-refractivity contribution in [1.29, 1.82) is 0 Å². The molecule has 28 heavy (non-hydrogen) atoms. The summed E-state index contributed by atoms with van der Waals surface area (Å²) in [4.78, 5) is 16.9. The molecule has 0 saturated carbocycles. The summed E-state index contributed by atoms with van der Waals surface area (Å²) >= 11 is 1.60. The van der Waals surface area contributed by atoms with Crippen molar-refractivity contribution in [3.8, 4) is 17.2 Å². The average molecular weight is 396 g/mol. The molecule has 0 aliphatic carbocycles. The van der Waals surface area contributed by atoms with Crippen molar-refractivity contribution < 1.29 is 19.0 Å². The van der Waals surface area contributed by atoms with Gasteiger partial charge >= 0.3 is 0 Å². The first kappa shape index (κ1) is 18.3. The van der Waals surface area contributed by atoms with Crippen LogP contribution >= 0.6 is 11.3 Å². The Labute approximate surface area is 167 Å². The Morgan fingerprint density at radius 3 is 2.68 bits per heavy atom. The number of hydrogen-bond donors (Lipinski definition) is 1. The Balaban J connectivity index is 1.37. The number of hydrogen-bond acceptors (Lipinski definition) is 6. The number of aryl methyl sites for hydroxylation is 1. The summed E-state index contributed by atoms with van der Waals surface area (Å²) in [5.41, 5.74) is 2.11. The largest absolute Gasteiger partial charge is 0.490 e. The first-order chi connectivity index (χ1) is 13.7. The van der Waals surface area contributed by atoms with E-state index in [4.69, 9.17) is 14.2 Å². The van der Waals surface area contributed by atoms with Gasteiger partial charge in [-0.15, -0.1) is 11.3 Å². The molecule has 144 valence electrons. The number of rotatable bonds is 5. The van der Waals surface area contributed by atoms with Crippen LogP contribution in [0.2, 0.25) is 0 Å². The smallest absolute Gasteiger partial charge is 0.255 e. The average Bonchev–Trinajstić information content (AvgIpc) is 2.98. The summed E-state index contributed by atoms with van der Waals surface area (Å²) in [5.74, 6) is 1.84. The Kier molecular flexibility index (Phi) is 5.43. The molecule has 1 aromatic heterocycles. The van der Waals surface area contributed by atoms with Gasteiger partial charge in [-0.3, -0.25) is 4.79 Å². The zero-order chi connectivity index (χ0) is 19.3. The van der Waals surface area contributed by atoms with Gasteiger partial charge in [-0.1, -0.05) is 0 Å². The zero-order valence-electron chi connectivity index (χ0n) is 15.4. The van der Waals surface area contributed by atoms with Crippen molar-refractivity contribution in [3.63, 3.8) is 0 Å². The summed E-state index contributed by atoms with van der Waals surface area (Å²) in [5, 5.41) is 5.88. The highest BCUT2D eigenvalue weighted by Gasteiger charge is 2.13. The van der Waals surface area contributed by atoms with Gasteiger partial charge in [0.1, 0.15) is 12.4 Å². The maximum absolute atomic E-state index is 12.5. The second kappa shape index (κ2) is 8.31. The highest BCUT2D eigenvalue weighted by Crippen LogP contribution is 2.32. The lowest BCUT2D eigenvalue weighted by Crippen LogP contribution is -2.12. The molecule has 1 amide bonds. The SMILES string of the molecule is Cc1nc(COc2ccc(C(=O)Nc3ccc4c(c3)OCCCO4)cc2)cs1. The number of fused-ring (bicyclic) bond motifs is 1. The number of carbonyl (C=O) groups excluding carboxylic acids is 1. The fraction of sp³-hybridized carbons (Fsp3) is 0.238. The second-order valence-electron chi connectivity index (χ2n) is 6.34. The molecule has 0 unspecified atom stereocenters. The zero-order valence-corrected chi connectivity index (χ0v) is 16.3. The highest BCUT2D eigenvalue weighted by molar-refractivity contribution is 7.09. The molecular formula is C21H20N2O4S. The number of benzene rings is 2. The van der Waals surface area contributed by atoms with Crippen LogP contribution in [0.25, 0.3) is 0 Å². The summed E-state index contributed by atoms with van der Waals surface area (Å²) < 4.78 is 17.0. The summed E-state index contributed by atoms with van der Waals surface area (Å²) in [7, 11) is 0. The van der Waals surface area contributed by atoms with Gasteiger partial charge in [0, 0.05) is 29.1 Å². The van der Waals surface area contributed by atoms with Crippen LogP contribution in [0, 0.1) is 6.92 Å². The van der Waals surface area contributed by atoms with Crippen LogP contribution in [0.15, 0.2) is 47.8 Å². The van der Waals surface area contributed by atoms with Crippen LogP contribution in [0.1, 0.15) is 27.5 Å². The van der Waals surface area contributed by atoms with E-state index < -0.39 is 0 Å². The second-order valence-corrected chi connectivity index (χ2v) is 7.40. The normalized spacial score (nSPS) is 12.9. The van der Waals surface area contributed by atoms with E-state index in [2.05, 4.69) is 10.3 Å². The number of nitrogens with one attached hydrogen (secondary N) is 1. The highest BCUT2D eigenvalue weighted by atomic mass is 32.1. The third-order valence-electron chi connectivity index (χ3n) is 4.18. The van der Waals surface area contributed by atoms with Crippen molar-refractivity contribution in [2.45, 2.75) is 20.0 Å². The molecule has 1 aliphatic heterocycles. The van der Waals surface area contributed by atoms with Crippen LogP contribution in [0.5, 0.6) is 17.2 Å². The quantitative estimate of drug-likeness (QED) is 0.690. The topological polar surface area (TPSA) is 69.7 Å². The van der Waals surface area contributed by atoms with Crippen molar-refractivity contribution in [2.24, 2.45) is 0 Å². The Morgan fingerprint density at radius 2 is 1.93 bits per heavy atom. The van der Waals surface area contributed by atoms with Gasteiger partial charge in [-0.25, -0.2) is 4.98 Å². The van der Waals surface area contributed by atoms with Gasteiger partial charge in [0.25, 0.3) is 5.91 Å². The number of ether oxygens (including phenoxy) is 3. The molecular weight excluding hydrogens is 376 g/mol. The fourth-order valence-corrected chi connectivity index (χ4v) is 3.38. The number of thiazole rings is 1. The Morgan fingerprint density at radius 1 is 1.14 bits per heavy atom. The standard InChI is InChI=1S/C21H20N2O4S/c1-14-22-17(13-28-14)12-27-18-6-3-15(4-7-18)21(24)23-16-5-8-19-20(11-16)26-10-2-9-25-19/h3-8,11,13H,2,9-10,12H2,1H3,(H,23,24). The maximum Gasteiger partial charge on any atom is 0.255 e. The number of nitrogens with zero attached hydrogens (tertiary/aromatic N) is 1. The van der Waals surface area contributed by atoms with E-state index in [1.807, 2.05) is 18.4 Å². The third-order valence-corrected chi connectivity index (χ3v) is 5.00. The predicted octanol–water partition coefficient (Wildman–Crippen LogP) is 4.44. The van der Waals surface area contributed by atoms with E-state index in [0.29, 0.717) is 48.3 Å². The molecule has 0 radical (unpaired) electrons. The minimum absolute atomic E-state index is 0.198. The molecule has 7 heteroatoms. The van der Waals surface area contributed by atoms with E-state index in [9.17, 15) is 4.79 Å².